The Morgan fingerprint density at radius 3 is 2.67 bits per heavy atom. The van der Waals surface area contributed by atoms with E-state index in [0.29, 0.717) is 5.69 Å². The molecule has 0 saturated heterocycles. The molecule has 1 rings (SSSR count). The predicted octanol–water partition coefficient (Wildman–Crippen LogP) is 0.258. The standard InChI is InChI=1S/C8H13N3O/c1-5-4-7(11(3)10-5)8(12)6(2)9/h4,6H,9H2,1-3H3. The maximum atomic E-state index is 11.4. The molecule has 1 atom stereocenters. The molecule has 0 saturated carbocycles. The Morgan fingerprint density at radius 1 is 1.75 bits per heavy atom. The van der Waals surface area contributed by atoms with Crippen molar-refractivity contribution in [1.82, 2.24) is 9.78 Å². The van der Waals surface area contributed by atoms with Crippen molar-refractivity contribution in [3.8, 4) is 0 Å². The monoisotopic (exact) mass is 167 g/mol. The van der Waals surface area contributed by atoms with E-state index in [9.17, 15) is 4.79 Å². The van der Waals surface area contributed by atoms with E-state index in [1.165, 1.54) is 0 Å². The molecule has 12 heavy (non-hydrogen) atoms. The van der Waals surface area contributed by atoms with Gasteiger partial charge in [0.25, 0.3) is 0 Å². The van der Waals surface area contributed by atoms with Crippen LogP contribution in [0.15, 0.2) is 6.07 Å². The Kier molecular flexibility index (Phi) is 2.28. The molecule has 1 heterocycles. The summed E-state index contributed by atoms with van der Waals surface area (Å²) in [4.78, 5) is 11.4. The third-order valence-corrected chi connectivity index (χ3v) is 1.67. The summed E-state index contributed by atoms with van der Waals surface area (Å²) in [6.45, 7) is 3.52. The van der Waals surface area contributed by atoms with E-state index >= 15 is 0 Å². The number of nitrogens with two attached hydrogens (primary N) is 1. The maximum Gasteiger partial charge on any atom is 0.197 e. The smallest absolute Gasteiger partial charge is 0.197 e. The van der Waals surface area contributed by atoms with Gasteiger partial charge in [-0.15, -0.1) is 0 Å². The number of Topliss-reactive ketones (excluding diaryl/α,β-unsaturated/α-hetero) is 1. The number of carbonyl (C=O) groups excluding carboxylic acids is 1. The molecule has 0 spiro atoms. The Bertz CT molecular complexity index is 301. The second-order valence-corrected chi connectivity index (χ2v) is 2.95. The summed E-state index contributed by atoms with van der Waals surface area (Å²) in [6.07, 6.45) is 0. The zero-order valence-electron chi connectivity index (χ0n) is 7.53. The van der Waals surface area contributed by atoms with Gasteiger partial charge < -0.3 is 5.73 Å². The minimum Gasteiger partial charge on any atom is -0.321 e. The number of hydrogen-bond acceptors (Lipinski definition) is 3. The average molecular weight is 167 g/mol. The van der Waals surface area contributed by atoms with E-state index in [1.807, 2.05) is 6.92 Å². The molecule has 4 nitrogen and oxygen atoms in total. The van der Waals surface area contributed by atoms with Crippen molar-refractivity contribution in [2.45, 2.75) is 19.9 Å². The zero-order valence-corrected chi connectivity index (χ0v) is 7.53. The summed E-state index contributed by atoms with van der Waals surface area (Å²) in [5, 5.41) is 4.05. The van der Waals surface area contributed by atoms with Gasteiger partial charge in [-0.3, -0.25) is 9.48 Å². The highest BCUT2D eigenvalue weighted by Crippen LogP contribution is 2.04. The fourth-order valence-corrected chi connectivity index (χ4v) is 1.07. The van der Waals surface area contributed by atoms with Gasteiger partial charge in [0.15, 0.2) is 5.78 Å². The lowest BCUT2D eigenvalue weighted by molar-refractivity contribution is 0.0958. The largest absolute Gasteiger partial charge is 0.321 e. The number of rotatable bonds is 2. The van der Waals surface area contributed by atoms with Gasteiger partial charge in [-0.05, 0) is 19.9 Å². The van der Waals surface area contributed by atoms with Gasteiger partial charge in [0.1, 0.15) is 5.69 Å². The summed E-state index contributed by atoms with van der Waals surface area (Å²) in [5.74, 6) is -0.0712. The van der Waals surface area contributed by atoms with E-state index in [4.69, 9.17) is 5.73 Å². The lowest BCUT2D eigenvalue weighted by atomic mass is 10.1. The van der Waals surface area contributed by atoms with Crippen LogP contribution in [0.5, 0.6) is 0 Å². The minimum absolute atomic E-state index is 0.0712. The fourth-order valence-electron chi connectivity index (χ4n) is 1.07. The zero-order chi connectivity index (χ0) is 9.30. The molecular weight excluding hydrogens is 154 g/mol. The van der Waals surface area contributed by atoms with Gasteiger partial charge >= 0.3 is 0 Å². The molecule has 4 heteroatoms. The molecule has 0 radical (unpaired) electrons. The number of carbonyl (C=O) groups is 1. The first-order valence-corrected chi connectivity index (χ1v) is 3.83. The van der Waals surface area contributed by atoms with Crippen molar-refractivity contribution in [2.24, 2.45) is 12.8 Å². The summed E-state index contributed by atoms with van der Waals surface area (Å²) in [6, 6.07) is 1.28. The third kappa shape index (κ3) is 1.53. The quantitative estimate of drug-likeness (QED) is 0.642. The van der Waals surface area contributed by atoms with Gasteiger partial charge in [0, 0.05) is 7.05 Å². The first-order valence-electron chi connectivity index (χ1n) is 3.83. The maximum absolute atomic E-state index is 11.4. The van der Waals surface area contributed by atoms with Crippen molar-refractivity contribution in [1.29, 1.82) is 0 Å². The predicted molar refractivity (Wildman–Crippen MR) is 45.9 cm³/mol. The van der Waals surface area contributed by atoms with Crippen molar-refractivity contribution in [3.63, 3.8) is 0 Å². The second kappa shape index (κ2) is 3.06. The van der Waals surface area contributed by atoms with E-state index in [0.717, 1.165) is 5.69 Å². The third-order valence-electron chi connectivity index (χ3n) is 1.67. The fraction of sp³-hybridized carbons (Fsp3) is 0.500. The van der Waals surface area contributed by atoms with E-state index < -0.39 is 6.04 Å². The molecule has 0 amide bonds. The average Bonchev–Trinajstić information content (AvgIpc) is 2.28. The van der Waals surface area contributed by atoms with Gasteiger partial charge in [0.2, 0.25) is 0 Å². The highest BCUT2D eigenvalue weighted by Gasteiger charge is 2.14. The van der Waals surface area contributed by atoms with E-state index in [2.05, 4.69) is 5.10 Å². The normalized spacial score (nSPS) is 13.0. The minimum atomic E-state index is -0.459. The summed E-state index contributed by atoms with van der Waals surface area (Å²) in [7, 11) is 1.74. The van der Waals surface area contributed by atoms with Crippen LogP contribution in [0.3, 0.4) is 0 Å². The van der Waals surface area contributed by atoms with Crippen LogP contribution in [0.1, 0.15) is 23.1 Å². The lowest BCUT2D eigenvalue weighted by Crippen LogP contribution is -2.28. The van der Waals surface area contributed by atoms with Crippen LogP contribution in [0.4, 0.5) is 0 Å². The summed E-state index contributed by atoms with van der Waals surface area (Å²) < 4.78 is 1.56. The molecule has 1 aromatic rings. The molecule has 0 fully saturated rings. The number of ketones is 1. The van der Waals surface area contributed by atoms with Gasteiger partial charge in [-0.2, -0.15) is 5.10 Å². The van der Waals surface area contributed by atoms with Gasteiger partial charge in [0.05, 0.1) is 11.7 Å². The van der Waals surface area contributed by atoms with Crippen LogP contribution < -0.4 is 5.73 Å². The lowest BCUT2D eigenvalue weighted by Gasteiger charge is -2.02. The second-order valence-electron chi connectivity index (χ2n) is 2.95. The molecule has 66 valence electrons. The van der Waals surface area contributed by atoms with Gasteiger partial charge in [-0.25, -0.2) is 0 Å². The van der Waals surface area contributed by atoms with Crippen molar-refractivity contribution >= 4 is 5.78 Å². The Labute approximate surface area is 71.4 Å². The Morgan fingerprint density at radius 2 is 2.33 bits per heavy atom. The van der Waals surface area contributed by atoms with E-state index in [-0.39, 0.29) is 5.78 Å². The molecule has 1 unspecified atom stereocenters. The molecule has 0 aliphatic heterocycles. The summed E-state index contributed by atoms with van der Waals surface area (Å²) >= 11 is 0. The Balaban J connectivity index is 3.02. The number of hydrogen-bond donors (Lipinski definition) is 1. The first-order chi connectivity index (χ1) is 5.52. The van der Waals surface area contributed by atoms with Crippen LogP contribution >= 0.6 is 0 Å². The SMILES string of the molecule is Cc1cc(C(=O)C(C)N)n(C)n1. The van der Waals surface area contributed by atoms with Crippen molar-refractivity contribution in [3.05, 3.63) is 17.5 Å². The van der Waals surface area contributed by atoms with Crippen LogP contribution in [0.2, 0.25) is 0 Å². The Hall–Kier alpha value is -1.16. The highest BCUT2D eigenvalue weighted by atomic mass is 16.1. The first kappa shape index (κ1) is 8.93. The molecule has 0 bridgehead atoms. The van der Waals surface area contributed by atoms with Crippen LogP contribution in [-0.2, 0) is 7.05 Å². The van der Waals surface area contributed by atoms with Gasteiger partial charge in [-0.1, -0.05) is 0 Å². The van der Waals surface area contributed by atoms with Crippen LogP contribution in [0.25, 0.3) is 0 Å². The molecule has 1 aromatic heterocycles. The van der Waals surface area contributed by atoms with Crippen molar-refractivity contribution in [2.75, 3.05) is 0 Å². The van der Waals surface area contributed by atoms with E-state index in [1.54, 1.807) is 24.7 Å². The number of nitrogens with zero attached hydrogens (tertiary/aromatic N) is 2. The molecule has 0 aliphatic rings. The van der Waals surface area contributed by atoms with Crippen LogP contribution in [-0.4, -0.2) is 21.6 Å². The highest BCUT2D eigenvalue weighted by molar-refractivity contribution is 5.98. The molecule has 0 aliphatic carbocycles. The topological polar surface area (TPSA) is 60.9 Å². The van der Waals surface area contributed by atoms with Crippen LogP contribution in [0, 0.1) is 6.92 Å². The summed E-state index contributed by atoms with van der Waals surface area (Å²) in [5.41, 5.74) is 6.86. The molecule has 0 aromatic carbocycles. The molecular formula is C8H13N3O. The number of aromatic nitrogens is 2. The molecule has 2 N–H and O–H groups in total. The van der Waals surface area contributed by atoms with Crippen molar-refractivity contribution < 1.29 is 4.79 Å². The number of aryl methyl sites for hydroxylation is 2.